The van der Waals surface area contributed by atoms with Crippen LogP contribution in [-0.4, -0.2) is 64.8 Å². The highest BCUT2D eigenvalue weighted by atomic mass is 35.7. The predicted molar refractivity (Wildman–Crippen MR) is 130 cm³/mol. The summed E-state index contributed by atoms with van der Waals surface area (Å²) in [4.78, 5) is 34.7. The van der Waals surface area contributed by atoms with Gasteiger partial charge in [-0.15, -0.1) is 0 Å². The van der Waals surface area contributed by atoms with E-state index in [4.69, 9.17) is 21.2 Å². The first kappa shape index (κ1) is 22.5. The van der Waals surface area contributed by atoms with Crippen LogP contribution in [0.25, 0.3) is 10.9 Å². The zero-order valence-corrected chi connectivity index (χ0v) is 19.3. The first-order valence-corrected chi connectivity index (χ1v) is 12.4. The zero-order valence-electron chi connectivity index (χ0n) is 17.7. The maximum atomic E-state index is 13.2. The van der Waals surface area contributed by atoms with Crippen LogP contribution >= 0.6 is 20.4 Å². The molecular weight excluding hydrogens is 448 g/mol. The van der Waals surface area contributed by atoms with Gasteiger partial charge in [-0.05, 0) is 46.2 Å². The molecule has 0 spiro atoms. The van der Waals surface area contributed by atoms with Gasteiger partial charge in [0.05, 0.1) is 12.1 Å². The second kappa shape index (κ2) is 9.85. The Hall–Kier alpha value is -2.68. The Morgan fingerprint density at radius 1 is 1.38 bits per heavy atom. The molecule has 1 aromatic carbocycles. The Labute approximate surface area is 193 Å². The molecule has 32 heavy (non-hydrogen) atoms. The van der Waals surface area contributed by atoms with Gasteiger partial charge in [-0.25, -0.2) is 0 Å². The number of anilines is 1. The van der Waals surface area contributed by atoms with Crippen LogP contribution in [0, 0.1) is 0 Å². The summed E-state index contributed by atoms with van der Waals surface area (Å²) in [7, 11) is 7.30. The molecule has 2 N–H and O–H groups in total. The van der Waals surface area contributed by atoms with Crippen molar-refractivity contribution in [1.29, 1.82) is 0 Å². The number of fused-ring (bicyclic) bond motifs is 1. The average Bonchev–Trinajstić information content (AvgIpc) is 3.20. The number of rotatable bonds is 6. The summed E-state index contributed by atoms with van der Waals surface area (Å²) in [5, 5.41) is 2.88. The van der Waals surface area contributed by atoms with E-state index in [-0.39, 0.29) is 18.4 Å². The summed E-state index contributed by atoms with van der Waals surface area (Å²) in [5.41, 5.74) is 8.43. The van der Waals surface area contributed by atoms with E-state index in [1.807, 2.05) is 29.6 Å². The molecule has 2 aromatic rings. The van der Waals surface area contributed by atoms with Crippen LogP contribution in [-0.2, 0) is 20.9 Å². The zero-order chi connectivity index (χ0) is 22.7. The van der Waals surface area contributed by atoms with Crippen molar-refractivity contribution in [2.45, 2.75) is 19.0 Å². The first-order valence-electron chi connectivity index (χ1n) is 10.3. The Balaban J connectivity index is 1.48. The van der Waals surface area contributed by atoms with Crippen molar-refractivity contribution in [2.24, 2.45) is 0 Å². The Morgan fingerprint density at radius 2 is 2.22 bits per heavy atom. The molecule has 0 radical (unpaired) electrons. The fourth-order valence-corrected chi connectivity index (χ4v) is 5.39. The summed E-state index contributed by atoms with van der Waals surface area (Å²) in [6.45, 7) is 1.44. The topological polar surface area (TPSA) is 88.8 Å². The lowest BCUT2D eigenvalue weighted by Gasteiger charge is -2.40. The van der Waals surface area contributed by atoms with Gasteiger partial charge < -0.3 is 20.3 Å². The van der Waals surface area contributed by atoms with Gasteiger partial charge in [-0.3, -0.25) is 14.6 Å². The molecule has 1 saturated heterocycles. The number of aromatic nitrogens is 1. The Morgan fingerprint density at radius 3 is 2.97 bits per heavy atom. The van der Waals surface area contributed by atoms with E-state index in [9.17, 15) is 9.59 Å². The number of ether oxygens (including phenoxy) is 1. The van der Waals surface area contributed by atoms with E-state index < -0.39 is 15.7 Å². The van der Waals surface area contributed by atoms with Crippen LogP contribution in [0.2, 0.25) is 0 Å². The van der Waals surface area contributed by atoms with E-state index in [0.717, 1.165) is 27.8 Å². The van der Waals surface area contributed by atoms with Crippen LogP contribution in [0.1, 0.15) is 12.0 Å². The second-order valence-corrected chi connectivity index (χ2v) is 10.0. The first-order chi connectivity index (χ1) is 15.5. The highest BCUT2D eigenvalue weighted by Gasteiger charge is 2.36. The van der Waals surface area contributed by atoms with E-state index >= 15 is 0 Å². The van der Waals surface area contributed by atoms with Gasteiger partial charge in [0, 0.05) is 55.0 Å². The molecule has 1 fully saturated rings. The van der Waals surface area contributed by atoms with Crippen molar-refractivity contribution in [2.75, 3.05) is 32.5 Å². The standard InChI is InChI=1S/C23H25ClN4O3S/c1-31-15-21-23(30)27(14-16-4-6-18-19(25)8-9-26-20(18)13-16)10-11-28(21)22(29)7-5-17-3-2-12-32(17)24/h3-9,12-13,21H,2,10-11,14-15H2,1H3,(H2,25,26)/t21-,32?/m0/s1. The molecule has 0 saturated carbocycles. The van der Waals surface area contributed by atoms with Crippen LogP contribution in [0.15, 0.2) is 53.6 Å². The molecule has 0 bridgehead atoms. The van der Waals surface area contributed by atoms with Crippen LogP contribution in [0.3, 0.4) is 0 Å². The number of nitrogen functional groups attached to an aromatic ring is 1. The van der Waals surface area contributed by atoms with Gasteiger partial charge in [0.2, 0.25) is 11.8 Å². The summed E-state index contributed by atoms with van der Waals surface area (Å²) in [6.07, 6.45) is 7.73. The van der Waals surface area contributed by atoms with E-state index in [1.165, 1.54) is 13.2 Å². The van der Waals surface area contributed by atoms with Gasteiger partial charge in [-0.2, -0.15) is 0 Å². The summed E-state index contributed by atoms with van der Waals surface area (Å²) in [6, 6.07) is 6.92. The number of halogens is 1. The summed E-state index contributed by atoms with van der Waals surface area (Å²) in [5.74, 6) is -0.349. The summed E-state index contributed by atoms with van der Waals surface area (Å²) >= 11 is 0. The molecule has 1 unspecified atom stereocenters. The van der Waals surface area contributed by atoms with Crippen LogP contribution in [0.5, 0.6) is 0 Å². The molecule has 2 atom stereocenters. The quantitative estimate of drug-likeness (QED) is 0.515. The molecule has 3 heterocycles. The third-order valence-corrected chi connectivity index (χ3v) is 7.73. The van der Waals surface area contributed by atoms with Crippen molar-refractivity contribution < 1.29 is 14.3 Å². The third-order valence-electron chi connectivity index (χ3n) is 5.58. The highest BCUT2D eigenvalue weighted by molar-refractivity contribution is 8.37. The SMILES string of the molecule is COC[C@H]1C(=O)N(Cc2ccc3c(N)ccnc3c2)CCN1C(=O)C=CC1=CCC=S1Cl. The fraction of sp³-hybridized carbons (Fsp3) is 0.304. The van der Waals surface area contributed by atoms with E-state index in [1.54, 1.807) is 28.1 Å². The lowest BCUT2D eigenvalue weighted by molar-refractivity contribution is -0.152. The van der Waals surface area contributed by atoms with Crippen molar-refractivity contribution in [3.8, 4) is 0 Å². The molecule has 2 aliphatic heterocycles. The minimum absolute atomic E-state index is 0.133. The molecule has 9 heteroatoms. The maximum absolute atomic E-state index is 13.2. The molecule has 2 amide bonds. The molecule has 7 nitrogen and oxygen atoms in total. The number of carbonyl (C=O) groups is 2. The minimum atomic E-state index is -0.668. The van der Waals surface area contributed by atoms with Crippen molar-refractivity contribution in [3.05, 3.63) is 59.2 Å². The maximum Gasteiger partial charge on any atom is 0.248 e. The van der Waals surface area contributed by atoms with Gasteiger partial charge >= 0.3 is 0 Å². The third kappa shape index (κ3) is 4.72. The Kier molecular flexibility index (Phi) is 6.93. The molecule has 0 aliphatic carbocycles. The smallest absolute Gasteiger partial charge is 0.248 e. The Bertz CT molecular complexity index is 1150. The van der Waals surface area contributed by atoms with E-state index in [2.05, 4.69) is 4.98 Å². The normalized spacial score (nSPS) is 21.3. The summed E-state index contributed by atoms with van der Waals surface area (Å²) < 4.78 is 5.27. The van der Waals surface area contributed by atoms with Crippen molar-refractivity contribution >= 4 is 54.2 Å². The second-order valence-electron chi connectivity index (χ2n) is 7.64. The number of carbonyl (C=O) groups excluding carboxylic acids is 2. The van der Waals surface area contributed by atoms with Gasteiger partial charge in [-0.1, -0.05) is 27.9 Å². The molecule has 1 aromatic heterocycles. The lowest BCUT2D eigenvalue weighted by atomic mass is 10.1. The number of hydrogen-bond acceptors (Lipinski definition) is 5. The predicted octanol–water partition coefficient (Wildman–Crippen LogP) is 3.07. The number of methoxy groups -OCH3 is 1. The number of nitrogens with two attached hydrogens (primary N) is 1. The lowest BCUT2D eigenvalue weighted by Crippen LogP contribution is -2.59. The van der Waals surface area contributed by atoms with Crippen LogP contribution in [0.4, 0.5) is 5.69 Å². The number of hydrogen-bond donors (Lipinski definition) is 1. The number of allylic oxidation sites excluding steroid dienone is 2. The number of amides is 2. The highest BCUT2D eigenvalue weighted by Crippen LogP contribution is 2.35. The number of pyridine rings is 1. The molecular formula is C23H25ClN4O3S. The largest absolute Gasteiger partial charge is 0.398 e. The van der Waals surface area contributed by atoms with Crippen LogP contribution < -0.4 is 5.73 Å². The minimum Gasteiger partial charge on any atom is -0.398 e. The number of benzene rings is 1. The number of piperazine rings is 1. The van der Waals surface area contributed by atoms with Gasteiger partial charge in [0.1, 0.15) is 6.04 Å². The van der Waals surface area contributed by atoms with Crippen molar-refractivity contribution in [3.63, 3.8) is 0 Å². The van der Waals surface area contributed by atoms with Crippen molar-refractivity contribution in [1.82, 2.24) is 14.8 Å². The van der Waals surface area contributed by atoms with E-state index in [0.29, 0.717) is 25.3 Å². The van der Waals surface area contributed by atoms with Gasteiger partial charge in [0.25, 0.3) is 0 Å². The average molecular weight is 473 g/mol. The monoisotopic (exact) mass is 472 g/mol. The molecule has 168 valence electrons. The fourth-order valence-electron chi connectivity index (χ4n) is 3.92. The molecule has 4 rings (SSSR count). The van der Waals surface area contributed by atoms with Gasteiger partial charge in [0.15, 0.2) is 0 Å². The number of nitrogens with zero attached hydrogens (tertiary/aromatic N) is 3. The molecule has 2 aliphatic rings.